The fraction of sp³-hybridized carbons (Fsp3) is 0.250. The van der Waals surface area contributed by atoms with Crippen molar-refractivity contribution in [1.29, 1.82) is 0 Å². The molecule has 1 heterocycles. The van der Waals surface area contributed by atoms with E-state index in [1.165, 1.54) is 12.1 Å². The van der Waals surface area contributed by atoms with Crippen molar-refractivity contribution in [3.63, 3.8) is 0 Å². The molecule has 160 valence electrons. The number of carbonyl (C=O) groups excluding carboxylic acids is 2. The molecule has 0 atom stereocenters. The number of halogens is 1. The van der Waals surface area contributed by atoms with Crippen LogP contribution in [-0.2, 0) is 9.59 Å². The third-order valence-corrected chi connectivity index (χ3v) is 5.34. The Bertz CT molecular complexity index is 1080. The number of piperazine rings is 1. The molecule has 0 saturated carbocycles. The van der Waals surface area contributed by atoms with Crippen LogP contribution in [0.2, 0.25) is 0 Å². The number of nitrogens with zero attached hydrogens (tertiary/aromatic N) is 2. The van der Waals surface area contributed by atoms with E-state index in [0.717, 1.165) is 16.5 Å². The molecule has 0 bridgehead atoms. The average Bonchev–Trinajstić information content (AvgIpc) is 2.75. The minimum atomic E-state index is -0.381. The number of anilines is 2. The summed E-state index contributed by atoms with van der Waals surface area (Å²) in [6.45, 7) is 3.36. The SMILES string of the molecule is O=C(CN1CCN(CC(=O)Nc2ccc3ccccc3c2)CC1)Nc1cccc(F)c1. The predicted molar refractivity (Wildman–Crippen MR) is 120 cm³/mol. The first-order valence-corrected chi connectivity index (χ1v) is 10.3. The largest absolute Gasteiger partial charge is 0.325 e. The van der Waals surface area contributed by atoms with Gasteiger partial charge in [-0.25, -0.2) is 4.39 Å². The van der Waals surface area contributed by atoms with Crippen molar-refractivity contribution in [2.75, 3.05) is 49.9 Å². The van der Waals surface area contributed by atoms with Crippen LogP contribution in [0.5, 0.6) is 0 Å². The molecule has 2 N–H and O–H groups in total. The first-order chi connectivity index (χ1) is 15.0. The molecule has 1 saturated heterocycles. The van der Waals surface area contributed by atoms with Crippen LogP contribution in [0.1, 0.15) is 0 Å². The van der Waals surface area contributed by atoms with Gasteiger partial charge in [-0.3, -0.25) is 19.4 Å². The van der Waals surface area contributed by atoms with Crippen molar-refractivity contribution in [3.05, 3.63) is 72.5 Å². The Kier molecular flexibility index (Phi) is 6.54. The van der Waals surface area contributed by atoms with E-state index >= 15 is 0 Å². The smallest absolute Gasteiger partial charge is 0.238 e. The van der Waals surface area contributed by atoms with Crippen LogP contribution < -0.4 is 10.6 Å². The zero-order valence-corrected chi connectivity index (χ0v) is 17.2. The molecule has 1 aliphatic heterocycles. The number of nitrogens with one attached hydrogen (secondary N) is 2. The highest BCUT2D eigenvalue weighted by atomic mass is 19.1. The van der Waals surface area contributed by atoms with Crippen LogP contribution >= 0.6 is 0 Å². The molecule has 3 aromatic carbocycles. The second-order valence-electron chi connectivity index (χ2n) is 7.72. The van der Waals surface area contributed by atoms with E-state index in [1.54, 1.807) is 12.1 Å². The molecular formula is C24H25FN4O2. The van der Waals surface area contributed by atoms with Crippen molar-refractivity contribution >= 4 is 34.0 Å². The Labute approximate surface area is 180 Å². The maximum atomic E-state index is 13.2. The van der Waals surface area contributed by atoms with Gasteiger partial charge in [-0.05, 0) is 41.1 Å². The van der Waals surface area contributed by atoms with Gasteiger partial charge in [0.1, 0.15) is 5.82 Å². The molecule has 7 heteroatoms. The highest BCUT2D eigenvalue weighted by Crippen LogP contribution is 2.19. The van der Waals surface area contributed by atoms with Crippen LogP contribution in [0.15, 0.2) is 66.7 Å². The molecule has 31 heavy (non-hydrogen) atoms. The molecular weight excluding hydrogens is 395 g/mol. The second-order valence-corrected chi connectivity index (χ2v) is 7.72. The van der Waals surface area contributed by atoms with Gasteiger partial charge in [0.25, 0.3) is 0 Å². The summed E-state index contributed by atoms with van der Waals surface area (Å²) in [6, 6.07) is 19.8. The number of rotatable bonds is 6. The summed E-state index contributed by atoms with van der Waals surface area (Å²) in [6.07, 6.45) is 0. The highest BCUT2D eigenvalue weighted by Gasteiger charge is 2.20. The normalized spacial score (nSPS) is 15.0. The Morgan fingerprint density at radius 3 is 1.90 bits per heavy atom. The van der Waals surface area contributed by atoms with Crippen LogP contribution in [0.4, 0.5) is 15.8 Å². The Hall–Kier alpha value is -3.29. The van der Waals surface area contributed by atoms with Gasteiger partial charge in [-0.15, -0.1) is 0 Å². The number of benzene rings is 3. The van der Waals surface area contributed by atoms with E-state index in [4.69, 9.17) is 0 Å². The third kappa shape index (κ3) is 5.87. The minimum absolute atomic E-state index is 0.0485. The van der Waals surface area contributed by atoms with E-state index in [0.29, 0.717) is 38.4 Å². The first-order valence-electron chi connectivity index (χ1n) is 10.3. The highest BCUT2D eigenvalue weighted by molar-refractivity contribution is 5.95. The molecule has 0 unspecified atom stereocenters. The van der Waals surface area contributed by atoms with E-state index < -0.39 is 0 Å². The molecule has 4 rings (SSSR count). The number of hydrogen-bond donors (Lipinski definition) is 2. The molecule has 1 aliphatic rings. The van der Waals surface area contributed by atoms with Crippen molar-refractivity contribution < 1.29 is 14.0 Å². The standard InChI is InChI=1S/C24H25FN4O2/c25-20-6-3-7-21(15-20)26-23(30)16-28-10-12-29(13-11-28)17-24(31)27-22-9-8-18-4-1-2-5-19(18)14-22/h1-9,14-15H,10-13,16-17H2,(H,26,30)(H,27,31). The van der Waals surface area contributed by atoms with Gasteiger partial charge in [0.05, 0.1) is 13.1 Å². The molecule has 0 spiro atoms. The van der Waals surface area contributed by atoms with Crippen molar-refractivity contribution in [1.82, 2.24) is 9.80 Å². The first kappa shape index (κ1) is 21.0. The molecule has 6 nitrogen and oxygen atoms in total. The van der Waals surface area contributed by atoms with Gasteiger partial charge in [0.15, 0.2) is 0 Å². The molecule has 0 aromatic heterocycles. The van der Waals surface area contributed by atoms with Gasteiger partial charge in [-0.1, -0.05) is 36.4 Å². The summed E-state index contributed by atoms with van der Waals surface area (Å²) < 4.78 is 13.2. The van der Waals surface area contributed by atoms with E-state index in [9.17, 15) is 14.0 Å². The molecule has 0 aliphatic carbocycles. The second kappa shape index (κ2) is 9.68. The molecule has 3 aromatic rings. The summed E-state index contributed by atoms with van der Waals surface area (Å²) in [7, 11) is 0. The van der Waals surface area contributed by atoms with Crippen molar-refractivity contribution in [2.45, 2.75) is 0 Å². The monoisotopic (exact) mass is 420 g/mol. The number of fused-ring (bicyclic) bond motifs is 1. The fourth-order valence-electron chi connectivity index (χ4n) is 3.75. The summed E-state index contributed by atoms with van der Waals surface area (Å²) in [4.78, 5) is 28.8. The van der Waals surface area contributed by atoms with Gasteiger partial charge >= 0.3 is 0 Å². The molecule has 0 radical (unpaired) electrons. The van der Waals surface area contributed by atoms with Gasteiger partial charge in [0, 0.05) is 37.6 Å². The van der Waals surface area contributed by atoms with Gasteiger partial charge in [0.2, 0.25) is 11.8 Å². The predicted octanol–water partition coefficient (Wildman–Crippen LogP) is 3.17. The minimum Gasteiger partial charge on any atom is -0.325 e. The summed E-state index contributed by atoms with van der Waals surface area (Å²) in [5.41, 5.74) is 1.24. The average molecular weight is 420 g/mol. The maximum Gasteiger partial charge on any atom is 0.238 e. The maximum absolute atomic E-state index is 13.2. The number of amides is 2. The topological polar surface area (TPSA) is 64.7 Å². The van der Waals surface area contributed by atoms with Gasteiger partial charge in [-0.2, -0.15) is 0 Å². The Morgan fingerprint density at radius 2 is 1.29 bits per heavy atom. The quantitative estimate of drug-likeness (QED) is 0.643. The molecule has 1 fully saturated rings. The Morgan fingerprint density at radius 1 is 0.710 bits per heavy atom. The zero-order valence-electron chi connectivity index (χ0n) is 17.2. The van der Waals surface area contributed by atoms with Crippen molar-refractivity contribution in [3.8, 4) is 0 Å². The number of carbonyl (C=O) groups is 2. The fourth-order valence-corrected chi connectivity index (χ4v) is 3.75. The summed E-state index contributed by atoms with van der Waals surface area (Å²) in [5, 5.41) is 7.91. The summed E-state index contributed by atoms with van der Waals surface area (Å²) in [5.74, 6) is -0.603. The lowest BCUT2D eigenvalue weighted by Crippen LogP contribution is -2.50. The van der Waals surface area contributed by atoms with E-state index in [1.807, 2.05) is 47.4 Å². The molecule has 2 amide bonds. The van der Waals surface area contributed by atoms with Crippen molar-refractivity contribution in [2.24, 2.45) is 0 Å². The lowest BCUT2D eigenvalue weighted by atomic mass is 10.1. The lowest BCUT2D eigenvalue weighted by molar-refractivity contribution is -0.120. The van der Waals surface area contributed by atoms with Gasteiger partial charge < -0.3 is 10.6 Å². The van der Waals surface area contributed by atoms with Crippen LogP contribution in [0.3, 0.4) is 0 Å². The Balaban J connectivity index is 1.21. The third-order valence-electron chi connectivity index (χ3n) is 5.34. The van der Waals surface area contributed by atoms with Crippen LogP contribution in [0.25, 0.3) is 10.8 Å². The zero-order chi connectivity index (χ0) is 21.6. The van der Waals surface area contributed by atoms with Crippen LogP contribution in [-0.4, -0.2) is 60.9 Å². The van der Waals surface area contributed by atoms with E-state index in [-0.39, 0.29) is 24.2 Å². The summed E-state index contributed by atoms with van der Waals surface area (Å²) >= 11 is 0. The van der Waals surface area contributed by atoms with Crippen LogP contribution in [0, 0.1) is 5.82 Å². The van der Waals surface area contributed by atoms with E-state index in [2.05, 4.69) is 15.5 Å². The number of hydrogen-bond acceptors (Lipinski definition) is 4. The lowest BCUT2D eigenvalue weighted by Gasteiger charge is -2.33.